The highest BCUT2D eigenvalue weighted by Crippen LogP contribution is 2.38. The van der Waals surface area contributed by atoms with E-state index in [9.17, 15) is 0 Å². The monoisotopic (exact) mass is 512 g/mol. The van der Waals surface area contributed by atoms with Crippen molar-refractivity contribution in [3.63, 3.8) is 0 Å². The normalized spacial score (nSPS) is 13.8. The minimum atomic E-state index is -2.84. The first-order valence-corrected chi connectivity index (χ1v) is 20.7. The Morgan fingerprint density at radius 1 is 0.548 bits per heavy atom. The molecule has 0 bridgehead atoms. The van der Waals surface area contributed by atoms with E-state index in [2.05, 4.69) is 67.7 Å². The molecule has 0 amide bonds. The lowest BCUT2D eigenvalue weighted by atomic mass is 10.2. The maximum atomic E-state index is 6.94. The van der Waals surface area contributed by atoms with Crippen LogP contribution in [0.4, 0.5) is 0 Å². The predicted molar refractivity (Wildman–Crippen MR) is 145 cm³/mol. The third kappa shape index (κ3) is 6.20. The van der Waals surface area contributed by atoms with Crippen LogP contribution in [0.15, 0.2) is 48.5 Å². The van der Waals surface area contributed by atoms with Crippen LogP contribution in [0, 0.1) is 0 Å². The van der Waals surface area contributed by atoms with E-state index in [1.54, 1.807) is 0 Å². The summed E-state index contributed by atoms with van der Waals surface area (Å²) >= 11 is 13.9. The van der Waals surface area contributed by atoms with Gasteiger partial charge < -0.3 is 8.85 Å². The summed E-state index contributed by atoms with van der Waals surface area (Å²) in [6.45, 7) is 19.6. The summed E-state index contributed by atoms with van der Waals surface area (Å²) < 4.78 is 12.8. The fourth-order valence-electron chi connectivity index (χ4n) is 2.53. The number of benzene rings is 2. The average molecular weight is 514 g/mol. The van der Waals surface area contributed by atoms with Crippen LogP contribution in [0.1, 0.15) is 41.5 Å². The molecule has 172 valence electrons. The molecule has 2 nitrogen and oxygen atoms in total. The van der Waals surface area contributed by atoms with Crippen LogP contribution in [0.25, 0.3) is 0 Å². The largest absolute Gasteiger partial charge is 0.544 e. The highest BCUT2D eigenvalue weighted by atomic mass is 35.7. The molecule has 0 heterocycles. The van der Waals surface area contributed by atoms with Crippen molar-refractivity contribution in [2.75, 3.05) is 0 Å². The van der Waals surface area contributed by atoms with E-state index in [0.717, 1.165) is 21.9 Å². The van der Waals surface area contributed by atoms with Crippen molar-refractivity contribution < 1.29 is 8.85 Å². The zero-order valence-corrected chi connectivity index (χ0v) is 25.2. The number of hydrogen-bond acceptors (Lipinski definition) is 2. The Hall–Kier alpha value is -0.729. The molecule has 0 aliphatic heterocycles. The first kappa shape index (κ1) is 26.5. The van der Waals surface area contributed by atoms with Crippen molar-refractivity contribution in [3.8, 4) is 11.5 Å². The zero-order valence-electron chi connectivity index (χ0n) is 20.7. The van der Waals surface area contributed by atoms with Crippen LogP contribution in [0.5, 0.6) is 11.5 Å². The molecule has 31 heavy (non-hydrogen) atoms. The fraction of sp³-hybridized carbons (Fsp3) is 0.500. The Labute approximate surface area is 202 Å². The van der Waals surface area contributed by atoms with Gasteiger partial charge in [0.1, 0.15) is 11.5 Å². The van der Waals surface area contributed by atoms with Gasteiger partial charge >= 0.3 is 6.69 Å². The van der Waals surface area contributed by atoms with Crippen molar-refractivity contribution >= 4 is 55.9 Å². The van der Waals surface area contributed by atoms with Crippen molar-refractivity contribution in [2.24, 2.45) is 0 Å². The molecule has 0 aromatic heterocycles. The van der Waals surface area contributed by atoms with Crippen molar-refractivity contribution in [2.45, 2.75) is 77.8 Å². The first-order valence-electron chi connectivity index (χ1n) is 10.8. The molecule has 0 aliphatic rings. The third-order valence-corrected chi connectivity index (χ3v) is 20.2. The van der Waals surface area contributed by atoms with E-state index >= 15 is 0 Å². The second-order valence-corrected chi connectivity index (χ2v) is 27.1. The van der Waals surface area contributed by atoms with Gasteiger partial charge in [-0.1, -0.05) is 65.8 Å². The van der Waals surface area contributed by atoms with Gasteiger partial charge in [0.25, 0.3) is 0 Å². The van der Waals surface area contributed by atoms with Crippen molar-refractivity contribution in [1.82, 2.24) is 0 Å². The van der Waals surface area contributed by atoms with Crippen molar-refractivity contribution in [1.29, 1.82) is 0 Å². The molecule has 0 saturated carbocycles. The zero-order chi connectivity index (χ0) is 23.9. The molecule has 0 spiro atoms. The Morgan fingerprint density at radius 2 is 0.806 bits per heavy atom. The molecule has 2 rings (SSSR count). The fourth-order valence-corrected chi connectivity index (χ4v) is 7.61. The van der Waals surface area contributed by atoms with Gasteiger partial charge in [0, 0.05) is 0 Å². The van der Waals surface area contributed by atoms with Gasteiger partial charge in [-0.2, -0.15) is 0 Å². The topological polar surface area (TPSA) is 18.5 Å². The maximum absolute atomic E-state index is 6.94. The molecule has 0 radical (unpaired) electrons. The van der Waals surface area contributed by atoms with Crippen LogP contribution in [-0.2, 0) is 0 Å². The van der Waals surface area contributed by atoms with E-state index in [1.807, 2.05) is 48.5 Å². The highest BCUT2D eigenvalue weighted by molar-refractivity contribution is 7.56. The lowest BCUT2D eigenvalue weighted by molar-refractivity contribution is 0.492. The highest BCUT2D eigenvalue weighted by Gasteiger charge is 2.40. The Kier molecular flexibility index (Phi) is 7.61. The number of halogens is 2. The third-order valence-electron chi connectivity index (χ3n) is 6.79. The SMILES string of the molecule is CC(C)(C)[Si](C)(C)Oc1ccc([Si](Cl)(Cl)c2ccc(O[Si](C)(C)C(C)(C)C)cc2)cc1. The second kappa shape index (κ2) is 8.90. The van der Waals surface area contributed by atoms with Gasteiger partial charge in [-0.25, -0.2) is 0 Å². The lowest BCUT2D eigenvalue weighted by Crippen LogP contribution is -2.48. The van der Waals surface area contributed by atoms with Crippen LogP contribution in [0.2, 0.25) is 36.3 Å². The molecule has 7 heteroatoms. The predicted octanol–water partition coefficient (Wildman–Crippen LogP) is 7.49. The lowest BCUT2D eigenvalue weighted by Gasteiger charge is -2.36. The Balaban J connectivity index is 2.20. The summed E-state index contributed by atoms with van der Waals surface area (Å²) in [5, 5.41) is 2.21. The molecular weight excluding hydrogens is 475 g/mol. The average Bonchev–Trinajstić information content (AvgIpc) is 2.60. The van der Waals surface area contributed by atoms with E-state index < -0.39 is 23.3 Å². The summed E-state index contributed by atoms with van der Waals surface area (Å²) in [6.07, 6.45) is 0. The smallest absolute Gasteiger partial charge is 0.310 e. The van der Waals surface area contributed by atoms with Crippen molar-refractivity contribution in [3.05, 3.63) is 48.5 Å². The second-order valence-electron chi connectivity index (χ2n) is 11.3. The maximum Gasteiger partial charge on any atom is 0.310 e. The van der Waals surface area contributed by atoms with Gasteiger partial charge in [-0.05, 0) is 70.9 Å². The quantitative estimate of drug-likeness (QED) is 0.294. The Morgan fingerprint density at radius 3 is 1.03 bits per heavy atom. The van der Waals surface area contributed by atoms with Crippen LogP contribution < -0.4 is 19.2 Å². The van der Waals surface area contributed by atoms with Crippen LogP contribution >= 0.6 is 22.2 Å². The molecule has 0 atom stereocenters. The molecule has 0 saturated heterocycles. The standard InChI is InChI=1S/C24H38Cl2O2Si3/c1-23(2,3)29(7,8)27-19-11-15-21(16-12-19)31(25,26)22-17-13-20(14-18-22)28-30(9,10)24(4,5)6/h11-18H,1-10H3. The molecule has 2 aromatic rings. The Bertz CT molecular complexity index is 806. The molecule has 0 N–H and O–H groups in total. The number of hydrogen-bond donors (Lipinski definition) is 0. The number of rotatable bonds is 6. The van der Waals surface area contributed by atoms with E-state index in [0.29, 0.717) is 0 Å². The summed E-state index contributed by atoms with van der Waals surface area (Å²) in [7, 11) is -3.76. The van der Waals surface area contributed by atoms with Crippen LogP contribution in [-0.4, -0.2) is 23.3 Å². The van der Waals surface area contributed by atoms with E-state index in [1.165, 1.54) is 0 Å². The minimum absolute atomic E-state index is 0.150. The van der Waals surface area contributed by atoms with E-state index in [-0.39, 0.29) is 10.1 Å². The van der Waals surface area contributed by atoms with Gasteiger partial charge in [0.2, 0.25) is 16.6 Å². The molecule has 0 unspecified atom stereocenters. The molecular formula is C24H38Cl2O2Si3. The summed E-state index contributed by atoms with van der Waals surface area (Å²) in [5.74, 6) is 1.76. The first-order chi connectivity index (χ1) is 13.9. The summed E-state index contributed by atoms with van der Waals surface area (Å²) in [5.41, 5.74) is 0. The van der Waals surface area contributed by atoms with Gasteiger partial charge in [-0.3, -0.25) is 0 Å². The van der Waals surface area contributed by atoms with Crippen LogP contribution in [0.3, 0.4) is 0 Å². The van der Waals surface area contributed by atoms with Gasteiger partial charge in [0.05, 0.1) is 0 Å². The van der Waals surface area contributed by atoms with Gasteiger partial charge in [-0.15, -0.1) is 22.2 Å². The van der Waals surface area contributed by atoms with Gasteiger partial charge in [0.15, 0.2) is 0 Å². The molecule has 0 fully saturated rings. The summed E-state index contributed by atoms with van der Waals surface area (Å²) in [4.78, 5) is 0. The van der Waals surface area contributed by atoms with E-state index in [4.69, 9.17) is 31.0 Å². The molecule has 2 aromatic carbocycles. The minimum Gasteiger partial charge on any atom is -0.544 e. The molecule has 0 aliphatic carbocycles. The summed E-state index contributed by atoms with van der Waals surface area (Å²) in [6, 6.07) is 16.0.